The van der Waals surface area contributed by atoms with E-state index in [9.17, 15) is 4.79 Å². The normalized spacial score (nSPS) is 12.9. The Hall–Kier alpha value is -1.55. The second-order valence-corrected chi connectivity index (χ2v) is 7.20. The minimum absolute atomic E-state index is 0.165. The van der Waals surface area contributed by atoms with Crippen molar-refractivity contribution in [1.82, 2.24) is 5.32 Å². The van der Waals surface area contributed by atoms with Crippen LogP contribution in [0.1, 0.15) is 57.8 Å². The summed E-state index contributed by atoms with van der Waals surface area (Å²) in [7, 11) is 0. The monoisotopic (exact) mass is 320 g/mol. The van der Waals surface area contributed by atoms with Gasteiger partial charge in [0.2, 0.25) is 0 Å². The summed E-state index contributed by atoms with van der Waals surface area (Å²) in [5.41, 5.74) is 6.80. The number of carbonyl (C=O) groups excluding carboxylic acids is 1. The van der Waals surface area contributed by atoms with Crippen LogP contribution in [0.25, 0.3) is 0 Å². The summed E-state index contributed by atoms with van der Waals surface area (Å²) in [5.74, 6) is 1.00. The van der Waals surface area contributed by atoms with Crippen LogP contribution < -0.4 is 11.1 Å². The number of hydrogen-bond donors (Lipinski definition) is 2. The molecule has 0 saturated heterocycles. The van der Waals surface area contributed by atoms with Crippen LogP contribution in [0, 0.1) is 11.8 Å². The van der Waals surface area contributed by atoms with Gasteiger partial charge in [0, 0.05) is 18.3 Å². The molecule has 0 aromatic heterocycles. The summed E-state index contributed by atoms with van der Waals surface area (Å²) >= 11 is 0. The molecule has 0 aliphatic carbocycles. The molecule has 0 aliphatic heterocycles. The van der Waals surface area contributed by atoms with E-state index in [-0.39, 0.29) is 12.1 Å². The van der Waals surface area contributed by atoms with Gasteiger partial charge in [-0.2, -0.15) is 0 Å². The Kier molecular flexibility index (Phi) is 8.10. The van der Waals surface area contributed by atoms with E-state index in [4.69, 9.17) is 10.5 Å². The number of ether oxygens (including phenoxy) is 1. The van der Waals surface area contributed by atoms with Crippen LogP contribution in [0.2, 0.25) is 0 Å². The first-order valence-corrected chi connectivity index (χ1v) is 8.57. The zero-order valence-corrected chi connectivity index (χ0v) is 15.1. The van der Waals surface area contributed by atoms with Gasteiger partial charge in [-0.3, -0.25) is 0 Å². The molecule has 0 amide bonds. The Morgan fingerprint density at radius 2 is 1.57 bits per heavy atom. The minimum atomic E-state index is -0.302. The SMILES string of the molecule is CC(C)CC(CC(C)C)NCC(C)OC(=O)c1ccc(N)cc1. The van der Waals surface area contributed by atoms with Gasteiger partial charge in [0.15, 0.2) is 0 Å². The molecule has 1 unspecified atom stereocenters. The van der Waals surface area contributed by atoms with E-state index in [1.807, 2.05) is 6.92 Å². The van der Waals surface area contributed by atoms with Crippen LogP contribution in [0.4, 0.5) is 5.69 Å². The lowest BCUT2D eigenvalue weighted by molar-refractivity contribution is 0.0333. The van der Waals surface area contributed by atoms with Gasteiger partial charge in [-0.05, 0) is 55.9 Å². The van der Waals surface area contributed by atoms with Crippen molar-refractivity contribution >= 4 is 11.7 Å². The fraction of sp³-hybridized carbons (Fsp3) is 0.632. The molecule has 0 aliphatic rings. The van der Waals surface area contributed by atoms with Gasteiger partial charge in [0.1, 0.15) is 6.10 Å². The summed E-state index contributed by atoms with van der Waals surface area (Å²) in [4.78, 5) is 12.1. The van der Waals surface area contributed by atoms with Crippen molar-refractivity contribution in [2.24, 2.45) is 11.8 Å². The Labute approximate surface area is 140 Å². The van der Waals surface area contributed by atoms with Crippen molar-refractivity contribution in [3.05, 3.63) is 29.8 Å². The van der Waals surface area contributed by atoms with E-state index in [1.165, 1.54) is 0 Å². The van der Waals surface area contributed by atoms with Gasteiger partial charge >= 0.3 is 5.97 Å². The van der Waals surface area contributed by atoms with E-state index < -0.39 is 0 Å². The first-order valence-electron chi connectivity index (χ1n) is 8.57. The fourth-order valence-corrected chi connectivity index (χ4v) is 2.65. The highest BCUT2D eigenvalue weighted by atomic mass is 16.5. The first-order chi connectivity index (χ1) is 10.8. The number of anilines is 1. The zero-order chi connectivity index (χ0) is 17.4. The maximum absolute atomic E-state index is 12.1. The van der Waals surface area contributed by atoms with Crippen molar-refractivity contribution in [2.45, 2.75) is 59.6 Å². The van der Waals surface area contributed by atoms with Gasteiger partial charge < -0.3 is 15.8 Å². The molecule has 0 bridgehead atoms. The van der Waals surface area contributed by atoms with Crippen molar-refractivity contribution in [1.29, 1.82) is 0 Å². The predicted molar refractivity (Wildman–Crippen MR) is 96.4 cm³/mol. The molecular formula is C19H32N2O2. The Bertz CT molecular complexity index is 459. The lowest BCUT2D eigenvalue weighted by atomic mass is 9.95. The predicted octanol–water partition coefficient (Wildman–Crippen LogP) is 3.86. The van der Waals surface area contributed by atoms with Crippen LogP contribution in [-0.2, 0) is 4.74 Å². The van der Waals surface area contributed by atoms with Crippen molar-refractivity contribution in [3.63, 3.8) is 0 Å². The van der Waals surface area contributed by atoms with E-state index in [2.05, 4.69) is 33.0 Å². The fourth-order valence-electron chi connectivity index (χ4n) is 2.65. The summed E-state index contributed by atoms with van der Waals surface area (Å²) in [6.07, 6.45) is 2.11. The molecule has 0 heterocycles. The Balaban J connectivity index is 2.46. The highest BCUT2D eigenvalue weighted by Crippen LogP contribution is 2.14. The first kappa shape index (κ1) is 19.5. The third kappa shape index (κ3) is 8.03. The molecule has 0 radical (unpaired) electrons. The van der Waals surface area contributed by atoms with Crippen LogP contribution >= 0.6 is 0 Å². The largest absolute Gasteiger partial charge is 0.458 e. The number of rotatable bonds is 9. The molecule has 4 heteroatoms. The van der Waals surface area contributed by atoms with Gasteiger partial charge in [0.25, 0.3) is 0 Å². The summed E-state index contributed by atoms with van der Waals surface area (Å²) < 4.78 is 5.49. The highest BCUT2D eigenvalue weighted by Gasteiger charge is 2.16. The number of hydrogen-bond acceptors (Lipinski definition) is 4. The van der Waals surface area contributed by atoms with Gasteiger partial charge in [0.05, 0.1) is 5.56 Å². The second-order valence-electron chi connectivity index (χ2n) is 7.20. The maximum Gasteiger partial charge on any atom is 0.338 e. The van der Waals surface area contributed by atoms with E-state index >= 15 is 0 Å². The van der Waals surface area contributed by atoms with Gasteiger partial charge in [-0.1, -0.05) is 27.7 Å². The summed E-state index contributed by atoms with van der Waals surface area (Å²) in [6.45, 7) is 11.5. The van der Waals surface area contributed by atoms with Crippen molar-refractivity contribution in [2.75, 3.05) is 12.3 Å². The molecule has 0 fully saturated rings. The average molecular weight is 320 g/mol. The lowest BCUT2D eigenvalue weighted by Gasteiger charge is -2.24. The molecule has 1 atom stereocenters. The third-order valence-corrected chi connectivity index (χ3v) is 3.66. The molecule has 1 aromatic rings. The van der Waals surface area contributed by atoms with E-state index in [0.29, 0.717) is 35.7 Å². The third-order valence-electron chi connectivity index (χ3n) is 3.66. The zero-order valence-electron chi connectivity index (χ0n) is 15.1. The Morgan fingerprint density at radius 3 is 2.04 bits per heavy atom. The van der Waals surface area contributed by atoms with Crippen molar-refractivity contribution < 1.29 is 9.53 Å². The number of nitrogens with two attached hydrogens (primary N) is 1. The smallest absolute Gasteiger partial charge is 0.338 e. The molecule has 0 saturated carbocycles. The average Bonchev–Trinajstić information content (AvgIpc) is 2.44. The number of esters is 1. The van der Waals surface area contributed by atoms with E-state index in [0.717, 1.165) is 12.8 Å². The van der Waals surface area contributed by atoms with Crippen molar-refractivity contribution in [3.8, 4) is 0 Å². The highest BCUT2D eigenvalue weighted by molar-refractivity contribution is 5.89. The number of carbonyl (C=O) groups is 1. The number of nitrogens with one attached hydrogen (secondary N) is 1. The Morgan fingerprint density at radius 1 is 1.04 bits per heavy atom. The second kappa shape index (κ2) is 9.56. The summed E-state index contributed by atoms with van der Waals surface area (Å²) in [5, 5.41) is 3.55. The van der Waals surface area contributed by atoms with Crippen LogP contribution in [-0.4, -0.2) is 24.7 Å². The quantitative estimate of drug-likeness (QED) is 0.535. The molecule has 1 aromatic carbocycles. The lowest BCUT2D eigenvalue weighted by Crippen LogP contribution is -2.38. The van der Waals surface area contributed by atoms with Crippen LogP contribution in [0.3, 0.4) is 0 Å². The van der Waals surface area contributed by atoms with E-state index in [1.54, 1.807) is 24.3 Å². The number of benzene rings is 1. The minimum Gasteiger partial charge on any atom is -0.458 e. The molecule has 0 spiro atoms. The molecule has 3 N–H and O–H groups in total. The van der Waals surface area contributed by atoms with Gasteiger partial charge in [-0.15, -0.1) is 0 Å². The van der Waals surface area contributed by atoms with Crippen LogP contribution in [0.5, 0.6) is 0 Å². The molecule has 130 valence electrons. The maximum atomic E-state index is 12.1. The van der Waals surface area contributed by atoms with Crippen LogP contribution in [0.15, 0.2) is 24.3 Å². The summed E-state index contributed by atoms with van der Waals surface area (Å²) in [6, 6.07) is 7.27. The number of nitrogen functional groups attached to an aromatic ring is 1. The molecule has 23 heavy (non-hydrogen) atoms. The molecular weight excluding hydrogens is 288 g/mol. The molecule has 4 nitrogen and oxygen atoms in total. The standard InChI is InChI=1S/C19H32N2O2/c1-13(2)10-18(11-14(3)4)21-12-15(5)23-19(22)16-6-8-17(20)9-7-16/h6-9,13-15,18,21H,10-12,20H2,1-5H3. The van der Waals surface area contributed by atoms with Gasteiger partial charge in [-0.25, -0.2) is 4.79 Å². The topological polar surface area (TPSA) is 64.3 Å². The molecule has 1 rings (SSSR count).